The van der Waals surface area contributed by atoms with Crippen LogP contribution in [0.2, 0.25) is 0 Å². The molecular weight excluding hydrogens is 250 g/mol. The highest BCUT2D eigenvalue weighted by Gasteiger charge is 2.28. The molecule has 0 aliphatic carbocycles. The van der Waals surface area contributed by atoms with Gasteiger partial charge in [0, 0.05) is 18.6 Å². The summed E-state index contributed by atoms with van der Waals surface area (Å²) in [5.74, 6) is 0.342. The van der Waals surface area contributed by atoms with E-state index >= 15 is 0 Å². The molecule has 1 heterocycles. The summed E-state index contributed by atoms with van der Waals surface area (Å²) >= 11 is 0. The minimum Gasteiger partial charge on any atom is -0.508 e. The average molecular weight is 277 g/mol. The van der Waals surface area contributed by atoms with E-state index in [0.29, 0.717) is 23.9 Å². The molecule has 0 spiro atoms. The van der Waals surface area contributed by atoms with Gasteiger partial charge in [0.25, 0.3) is 0 Å². The second kappa shape index (κ2) is 7.09. The molecule has 3 heteroatoms. The number of hydrogen-bond acceptors (Lipinski definition) is 3. The summed E-state index contributed by atoms with van der Waals surface area (Å²) < 4.78 is 5.77. The van der Waals surface area contributed by atoms with Crippen LogP contribution in [0.4, 0.5) is 0 Å². The van der Waals surface area contributed by atoms with E-state index in [1.807, 2.05) is 12.1 Å². The first-order valence-corrected chi connectivity index (χ1v) is 7.75. The van der Waals surface area contributed by atoms with Crippen molar-refractivity contribution in [3.63, 3.8) is 0 Å². The minimum atomic E-state index is 0.342. The largest absolute Gasteiger partial charge is 0.508 e. The minimum absolute atomic E-state index is 0.342. The fraction of sp³-hybridized carbons (Fsp3) is 0.647. The number of rotatable bonds is 5. The average Bonchev–Trinajstić information content (AvgIpc) is 2.46. The Labute approximate surface area is 122 Å². The van der Waals surface area contributed by atoms with Crippen LogP contribution in [0.5, 0.6) is 5.75 Å². The van der Waals surface area contributed by atoms with Crippen LogP contribution in [0.3, 0.4) is 0 Å². The van der Waals surface area contributed by atoms with Crippen molar-refractivity contribution in [3.8, 4) is 5.75 Å². The molecule has 1 saturated heterocycles. The molecule has 112 valence electrons. The van der Waals surface area contributed by atoms with Gasteiger partial charge in [-0.3, -0.25) is 4.90 Å². The normalized spacial score (nSPS) is 25.6. The van der Waals surface area contributed by atoms with Crippen molar-refractivity contribution in [2.45, 2.75) is 58.2 Å². The molecule has 1 N–H and O–H groups in total. The Morgan fingerprint density at radius 1 is 1.35 bits per heavy atom. The third-order valence-corrected chi connectivity index (χ3v) is 4.33. The smallest absolute Gasteiger partial charge is 0.115 e. The van der Waals surface area contributed by atoms with Gasteiger partial charge in [-0.15, -0.1) is 0 Å². The number of aromatic hydroxyl groups is 1. The Kier molecular flexibility index (Phi) is 5.44. The molecular formula is C17H27NO2. The molecule has 1 aromatic rings. The lowest BCUT2D eigenvalue weighted by atomic mass is 10.0. The monoisotopic (exact) mass is 277 g/mol. The number of aryl methyl sites for hydroxylation is 1. The van der Waals surface area contributed by atoms with E-state index in [9.17, 15) is 5.11 Å². The second-order valence-electron chi connectivity index (χ2n) is 5.96. The third-order valence-electron chi connectivity index (χ3n) is 4.33. The SMILES string of the molecule is CCC1COC(C)CN1C(C)CCc1ccc(O)cc1. The van der Waals surface area contributed by atoms with E-state index in [1.165, 1.54) is 5.56 Å². The number of ether oxygens (including phenoxy) is 1. The van der Waals surface area contributed by atoms with Crippen molar-refractivity contribution in [3.05, 3.63) is 29.8 Å². The highest BCUT2D eigenvalue weighted by Crippen LogP contribution is 2.20. The summed E-state index contributed by atoms with van der Waals surface area (Å²) in [6.45, 7) is 8.62. The first-order valence-electron chi connectivity index (χ1n) is 7.75. The van der Waals surface area contributed by atoms with Crippen LogP contribution in [-0.2, 0) is 11.2 Å². The van der Waals surface area contributed by atoms with Crippen molar-refractivity contribution >= 4 is 0 Å². The zero-order valence-electron chi connectivity index (χ0n) is 12.9. The molecule has 1 aliphatic heterocycles. The maximum Gasteiger partial charge on any atom is 0.115 e. The van der Waals surface area contributed by atoms with Crippen LogP contribution in [0, 0.1) is 0 Å². The van der Waals surface area contributed by atoms with Crippen molar-refractivity contribution < 1.29 is 9.84 Å². The summed E-state index contributed by atoms with van der Waals surface area (Å²) in [7, 11) is 0. The summed E-state index contributed by atoms with van der Waals surface area (Å²) in [5.41, 5.74) is 1.30. The van der Waals surface area contributed by atoms with Crippen LogP contribution in [0.1, 0.15) is 39.2 Å². The summed E-state index contributed by atoms with van der Waals surface area (Å²) in [6, 6.07) is 8.70. The molecule has 3 atom stereocenters. The van der Waals surface area contributed by atoms with Crippen LogP contribution >= 0.6 is 0 Å². The molecule has 3 nitrogen and oxygen atoms in total. The second-order valence-corrected chi connectivity index (χ2v) is 5.96. The van der Waals surface area contributed by atoms with Gasteiger partial charge in [-0.2, -0.15) is 0 Å². The summed E-state index contributed by atoms with van der Waals surface area (Å²) in [4.78, 5) is 2.61. The Morgan fingerprint density at radius 3 is 2.70 bits per heavy atom. The fourth-order valence-electron chi connectivity index (χ4n) is 2.97. The quantitative estimate of drug-likeness (QED) is 0.897. The molecule has 20 heavy (non-hydrogen) atoms. The van der Waals surface area contributed by atoms with Gasteiger partial charge in [0.2, 0.25) is 0 Å². The molecule has 1 aliphatic rings. The van der Waals surface area contributed by atoms with Crippen LogP contribution in [0.25, 0.3) is 0 Å². The van der Waals surface area contributed by atoms with E-state index in [4.69, 9.17) is 4.74 Å². The van der Waals surface area contributed by atoms with E-state index in [2.05, 4.69) is 25.7 Å². The molecule has 2 rings (SSSR count). The van der Waals surface area contributed by atoms with Gasteiger partial charge in [0.15, 0.2) is 0 Å². The van der Waals surface area contributed by atoms with Crippen LogP contribution in [-0.4, -0.2) is 41.3 Å². The number of nitrogens with zero attached hydrogens (tertiary/aromatic N) is 1. The predicted octanol–water partition coefficient (Wildman–Crippen LogP) is 3.21. The number of morpholine rings is 1. The van der Waals surface area contributed by atoms with Gasteiger partial charge in [0.05, 0.1) is 12.7 Å². The van der Waals surface area contributed by atoms with E-state index in [-0.39, 0.29) is 0 Å². The van der Waals surface area contributed by atoms with Crippen molar-refractivity contribution in [2.24, 2.45) is 0 Å². The molecule has 0 saturated carbocycles. The van der Waals surface area contributed by atoms with Crippen LogP contribution in [0.15, 0.2) is 24.3 Å². The van der Waals surface area contributed by atoms with E-state index in [1.54, 1.807) is 12.1 Å². The zero-order valence-corrected chi connectivity index (χ0v) is 12.9. The lowest BCUT2D eigenvalue weighted by Crippen LogP contribution is -2.52. The van der Waals surface area contributed by atoms with Gasteiger partial charge in [-0.05, 0) is 50.8 Å². The summed E-state index contributed by atoms with van der Waals surface area (Å²) in [6.07, 6.45) is 3.70. The molecule has 0 radical (unpaired) electrons. The number of phenolic OH excluding ortho intramolecular Hbond substituents is 1. The topological polar surface area (TPSA) is 32.7 Å². The Bertz CT molecular complexity index is 404. The summed E-state index contributed by atoms with van der Waals surface area (Å²) in [5, 5.41) is 9.31. The Morgan fingerprint density at radius 2 is 2.05 bits per heavy atom. The Hall–Kier alpha value is -1.06. The molecule has 0 bridgehead atoms. The molecule has 1 aromatic carbocycles. The maximum atomic E-state index is 9.31. The molecule has 3 unspecified atom stereocenters. The fourth-order valence-corrected chi connectivity index (χ4v) is 2.97. The third kappa shape index (κ3) is 3.97. The molecule has 0 aromatic heterocycles. The van der Waals surface area contributed by atoms with Crippen molar-refractivity contribution in [1.29, 1.82) is 0 Å². The standard InChI is InChI=1S/C17H27NO2/c1-4-16-12-20-14(3)11-18(16)13(2)5-6-15-7-9-17(19)10-8-15/h7-10,13-14,16,19H,4-6,11-12H2,1-3H3. The highest BCUT2D eigenvalue weighted by atomic mass is 16.5. The van der Waals surface area contributed by atoms with Crippen molar-refractivity contribution in [2.75, 3.05) is 13.2 Å². The maximum absolute atomic E-state index is 9.31. The molecule has 1 fully saturated rings. The number of benzene rings is 1. The Balaban J connectivity index is 1.89. The number of phenols is 1. The lowest BCUT2D eigenvalue weighted by molar-refractivity contribution is -0.0708. The van der Waals surface area contributed by atoms with Crippen molar-refractivity contribution in [1.82, 2.24) is 4.90 Å². The van der Waals surface area contributed by atoms with Crippen LogP contribution < -0.4 is 0 Å². The van der Waals surface area contributed by atoms with Gasteiger partial charge >= 0.3 is 0 Å². The molecule has 0 amide bonds. The zero-order chi connectivity index (χ0) is 14.5. The number of hydrogen-bond donors (Lipinski definition) is 1. The van der Waals surface area contributed by atoms with Gasteiger partial charge in [-0.25, -0.2) is 0 Å². The van der Waals surface area contributed by atoms with E-state index < -0.39 is 0 Å². The van der Waals surface area contributed by atoms with Gasteiger partial charge < -0.3 is 9.84 Å². The predicted molar refractivity (Wildman–Crippen MR) is 82.1 cm³/mol. The van der Waals surface area contributed by atoms with Gasteiger partial charge in [-0.1, -0.05) is 19.1 Å². The highest BCUT2D eigenvalue weighted by molar-refractivity contribution is 5.25. The first-order chi connectivity index (χ1) is 9.60. The lowest BCUT2D eigenvalue weighted by Gasteiger charge is -2.42. The van der Waals surface area contributed by atoms with Gasteiger partial charge in [0.1, 0.15) is 5.75 Å². The first kappa shape index (κ1) is 15.3. The van der Waals surface area contributed by atoms with E-state index in [0.717, 1.165) is 32.4 Å².